The van der Waals surface area contributed by atoms with Crippen LogP contribution in [-0.4, -0.2) is 66.3 Å². The van der Waals surface area contributed by atoms with Crippen molar-refractivity contribution in [1.82, 2.24) is 20.2 Å². The van der Waals surface area contributed by atoms with Crippen molar-refractivity contribution in [3.05, 3.63) is 47.7 Å². The van der Waals surface area contributed by atoms with Gasteiger partial charge in [0.2, 0.25) is 0 Å². The average molecular weight is 549 g/mol. The summed E-state index contributed by atoms with van der Waals surface area (Å²) in [6.07, 6.45) is 2.96. The van der Waals surface area contributed by atoms with Gasteiger partial charge in [0.1, 0.15) is 5.82 Å². The molecule has 40 heavy (non-hydrogen) atoms. The van der Waals surface area contributed by atoms with E-state index < -0.39 is 0 Å². The van der Waals surface area contributed by atoms with Crippen LogP contribution in [0.2, 0.25) is 0 Å². The molecule has 0 spiro atoms. The summed E-state index contributed by atoms with van der Waals surface area (Å²) in [4.78, 5) is 27.6. The molecule has 8 heteroatoms. The average Bonchev–Trinajstić information content (AvgIpc) is 2.95. The molecule has 218 valence electrons. The SMILES string of the molecule is C=C(C)C(C)C(C)CCCNC(=O)Nc1ccc(-c2nc3c(c(N4CCOCC4C)n2)CCN(CC)C3C)cc1. The maximum atomic E-state index is 12.5. The van der Waals surface area contributed by atoms with Gasteiger partial charge in [-0.05, 0) is 82.7 Å². The predicted octanol–water partition coefficient (Wildman–Crippen LogP) is 6.06. The lowest BCUT2D eigenvalue weighted by Crippen LogP contribution is -2.45. The molecule has 3 heterocycles. The van der Waals surface area contributed by atoms with Crippen molar-refractivity contribution in [3.8, 4) is 11.4 Å². The largest absolute Gasteiger partial charge is 0.377 e. The molecule has 4 unspecified atom stereocenters. The third-order valence-corrected chi connectivity index (χ3v) is 8.81. The maximum Gasteiger partial charge on any atom is 0.319 e. The van der Waals surface area contributed by atoms with Crippen LogP contribution in [-0.2, 0) is 11.2 Å². The predicted molar refractivity (Wildman–Crippen MR) is 164 cm³/mol. The van der Waals surface area contributed by atoms with Gasteiger partial charge in [0.15, 0.2) is 5.82 Å². The lowest BCUT2D eigenvalue weighted by atomic mass is 9.87. The Hall–Kier alpha value is -2.97. The smallest absolute Gasteiger partial charge is 0.319 e. The van der Waals surface area contributed by atoms with E-state index in [9.17, 15) is 4.79 Å². The molecule has 8 nitrogen and oxygen atoms in total. The number of aromatic nitrogens is 2. The number of urea groups is 1. The number of nitrogens with zero attached hydrogens (tertiary/aromatic N) is 4. The van der Waals surface area contributed by atoms with E-state index in [1.54, 1.807) is 0 Å². The van der Waals surface area contributed by atoms with Gasteiger partial charge in [-0.3, -0.25) is 4.90 Å². The first-order valence-electron chi connectivity index (χ1n) is 15.0. The Labute approximate surface area is 240 Å². The van der Waals surface area contributed by atoms with Crippen molar-refractivity contribution in [2.45, 2.75) is 72.9 Å². The molecule has 0 saturated carbocycles. The fourth-order valence-corrected chi connectivity index (χ4v) is 5.78. The number of amides is 2. The Morgan fingerprint density at radius 2 is 1.93 bits per heavy atom. The lowest BCUT2D eigenvalue weighted by molar-refractivity contribution is 0.0982. The van der Waals surface area contributed by atoms with Gasteiger partial charge < -0.3 is 20.3 Å². The highest BCUT2D eigenvalue weighted by Crippen LogP contribution is 2.36. The number of nitrogens with one attached hydrogen (secondary N) is 2. The minimum atomic E-state index is -0.185. The molecule has 2 amide bonds. The Morgan fingerprint density at radius 1 is 1.18 bits per heavy atom. The number of carbonyl (C=O) groups excluding carboxylic acids is 1. The number of fused-ring (bicyclic) bond motifs is 1. The van der Waals surface area contributed by atoms with E-state index in [2.05, 4.69) is 68.6 Å². The number of morpholine rings is 1. The van der Waals surface area contributed by atoms with E-state index in [-0.39, 0.29) is 18.1 Å². The summed E-state index contributed by atoms with van der Waals surface area (Å²) in [5, 5.41) is 5.94. The molecule has 2 N–H and O–H groups in total. The van der Waals surface area contributed by atoms with Crippen LogP contribution in [0.5, 0.6) is 0 Å². The number of likely N-dealkylation sites (N-methyl/N-ethyl adjacent to an activating group) is 1. The van der Waals surface area contributed by atoms with Crippen molar-refractivity contribution in [2.75, 3.05) is 49.6 Å². The molecule has 1 aromatic carbocycles. The number of carbonyl (C=O) groups is 1. The second-order valence-electron chi connectivity index (χ2n) is 11.6. The van der Waals surface area contributed by atoms with E-state index in [0.717, 1.165) is 67.5 Å². The standard InChI is InChI=1S/C32H48N6O2/c1-8-37-17-15-28-29(25(37)7)35-30(36-31(28)38-18-19-40-20-23(38)5)26-11-13-27(14-12-26)34-32(39)33-16-9-10-22(4)24(6)21(2)3/h11-14,22-25H,2,8-10,15-20H2,1,3-7H3,(H2,33,34,39). The van der Waals surface area contributed by atoms with E-state index >= 15 is 0 Å². The van der Waals surface area contributed by atoms with Crippen LogP contribution in [0, 0.1) is 11.8 Å². The number of benzene rings is 1. The molecular weight excluding hydrogens is 500 g/mol. The molecular formula is C32H48N6O2. The van der Waals surface area contributed by atoms with Gasteiger partial charge in [-0.1, -0.05) is 32.9 Å². The minimum absolute atomic E-state index is 0.185. The van der Waals surface area contributed by atoms with Gasteiger partial charge in [-0.25, -0.2) is 14.8 Å². The summed E-state index contributed by atoms with van der Waals surface area (Å²) in [6, 6.07) is 8.16. The van der Waals surface area contributed by atoms with Crippen LogP contribution >= 0.6 is 0 Å². The summed E-state index contributed by atoms with van der Waals surface area (Å²) in [5.74, 6) is 2.83. The van der Waals surface area contributed by atoms with Gasteiger partial charge in [0.25, 0.3) is 0 Å². The molecule has 2 aromatic rings. The molecule has 1 fully saturated rings. The van der Waals surface area contributed by atoms with Crippen molar-refractivity contribution >= 4 is 17.5 Å². The molecule has 1 aromatic heterocycles. The molecule has 1 saturated heterocycles. The second kappa shape index (κ2) is 13.6. The first-order valence-corrected chi connectivity index (χ1v) is 15.0. The molecule has 0 bridgehead atoms. The lowest BCUT2D eigenvalue weighted by Gasteiger charge is -2.39. The fourth-order valence-electron chi connectivity index (χ4n) is 5.78. The Kier molecular flexibility index (Phi) is 10.2. The first kappa shape index (κ1) is 30.0. The zero-order chi connectivity index (χ0) is 28.8. The van der Waals surface area contributed by atoms with E-state index in [1.807, 2.05) is 24.3 Å². The normalized spacial score (nSPS) is 20.9. The number of hydrogen-bond acceptors (Lipinski definition) is 6. The number of rotatable bonds is 10. The third kappa shape index (κ3) is 7.02. The van der Waals surface area contributed by atoms with Gasteiger partial charge in [0, 0.05) is 42.5 Å². The van der Waals surface area contributed by atoms with Crippen molar-refractivity contribution < 1.29 is 9.53 Å². The van der Waals surface area contributed by atoms with Crippen LogP contribution in [0.1, 0.15) is 71.7 Å². The summed E-state index contributed by atoms with van der Waals surface area (Å²) < 4.78 is 5.72. The van der Waals surface area contributed by atoms with E-state index in [0.29, 0.717) is 31.6 Å². The second-order valence-corrected chi connectivity index (χ2v) is 11.6. The Morgan fingerprint density at radius 3 is 2.60 bits per heavy atom. The Balaban J connectivity index is 1.45. The summed E-state index contributed by atoms with van der Waals surface area (Å²) in [7, 11) is 0. The highest BCUT2D eigenvalue weighted by molar-refractivity contribution is 5.89. The van der Waals surface area contributed by atoms with Gasteiger partial charge in [-0.15, -0.1) is 0 Å². The molecule has 0 aliphatic carbocycles. The number of ether oxygens (including phenoxy) is 1. The number of allylic oxidation sites excluding steroid dienone is 1. The molecule has 0 radical (unpaired) electrons. The summed E-state index contributed by atoms with van der Waals surface area (Å²) >= 11 is 0. The monoisotopic (exact) mass is 548 g/mol. The zero-order valence-corrected chi connectivity index (χ0v) is 25.3. The van der Waals surface area contributed by atoms with E-state index in [4.69, 9.17) is 14.7 Å². The van der Waals surface area contributed by atoms with Crippen molar-refractivity contribution in [1.29, 1.82) is 0 Å². The molecule has 4 rings (SSSR count). The van der Waals surface area contributed by atoms with Crippen LogP contribution in [0.25, 0.3) is 11.4 Å². The van der Waals surface area contributed by atoms with Crippen molar-refractivity contribution in [2.24, 2.45) is 11.8 Å². The van der Waals surface area contributed by atoms with Gasteiger partial charge in [-0.2, -0.15) is 0 Å². The Bertz CT molecular complexity index is 1170. The zero-order valence-electron chi connectivity index (χ0n) is 25.3. The van der Waals surface area contributed by atoms with Crippen LogP contribution in [0.15, 0.2) is 36.4 Å². The summed E-state index contributed by atoms with van der Waals surface area (Å²) in [5.41, 5.74) is 5.30. The highest BCUT2D eigenvalue weighted by atomic mass is 16.5. The van der Waals surface area contributed by atoms with Crippen LogP contribution in [0.3, 0.4) is 0 Å². The molecule has 2 aliphatic rings. The maximum absolute atomic E-state index is 12.5. The number of hydrogen-bond donors (Lipinski definition) is 2. The van der Waals surface area contributed by atoms with Gasteiger partial charge in [0.05, 0.1) is 24.9 Å². The van der Waals surface area contributed by atoms with Crippen molar-refractivity contribution in [3.63, 3.8) is 0 Å². The van der Waals surface area contributed by atoms with Crippen LogP contribution in [0.4, 0.5) is 16.3 Å². The quantitative estimate of drug-likeness (QED) is 0.278. The van der Waals surface area contributed by atoms with Crippen LogP contribution < -0.4 is 15.5 Å². The number of anilines is 2. The highest BCUT2D eigenvalue weighted by Gasteiger charge is 2.32. The van der Waals surface area contributed by atoms with Gasteiger partial charge >= 0.3 is 6.03 Å². The molecule has 4 atom stereocenters. The minimum Gasteiger partial charge on any atom is -0.377 e. The first-order chi connectivity index (χ1) is 19.2. The molecule has 2 aliphatic heterocycles. The summed E-state index contributed by atoms with van der Waals surface area (Å²) in [6.45, 7) is 22.2. The third-order valence-electron chi connectivity index (χ3n) is 8.81. The van der Waals surface area contributed by atoms with E-state index in [1.165, 1.54) is 11.1 Å². The fraction of sp³-hybridized carbons (Fsp3) is 0.594. The topological polar surface area (TPSA) is 82.6 Å².